The van der Waals surface area contributed by atoms with Gasteiger partial charge in [-0.25, -0.2) is 0 Å². The maximum Gasteiger partial charge on any atom is 0.217 e. The third kappa shape index (κ3) is 7.05. The summed E-state index contributed by atoms with van der Waals surface area (Å²) < 4.78 is 27.5. The second-order valence-corrected chi connectivity index (χ2v) is 9.81. The average Bonchev–Trinajstić information content (AvgIpc) is 2.90. The molecule has 2 amide bonds. The van der Waals surface area contributed by atoms with Gasteiger partial charge in [0.05, 0.1) is 19.8 Å². The van der Waals surface area contributed by atoms with E-state index in [-0.39, 0.29) is 0 Å². The number of hydrogen-bond acceptors (Lipinski definition) is 16. The van der Waals surface area contributed by atoms with Gasteiger partial charge in [-0.2, -0.15) is 0 Å². The van der Waals surface area contributed by atoms with E-state index in [1.165, 1.54) is 0 Å². The zero-order valence-electron chi connectivity index (χ0n) is 21.7. The van der Waals surface area contributed by atoms with E-state index in [0.717, 1.165) is 13.8 Å². The first-order chi connectivity index (χ1) is 18.8. The molecule has 0 aromatic heterocycles. The Kier molecular flexibility index (Phi) is 11.5. The fourth-order valence-electron chi connectivity index (χ4n) is 4.86. The highest BCUT2D eigenvalue weighted by Gasteiger charge is 2.54. The molecule has 3 fully saturated rings. The van der Waals surface area contributed by atoms with E-state index in [1.807, 2.05) is 0 Å². The number of amides is 2. The maximum atomic E-state index is 11.7. The molecule has 232 valence electrons. The van der Waals surface area contributed by atoms with E-state index in [0.29, 0.717) is 0 Å². The zero-order valence-corrected chi connectivity index (χ0v) is 21.7. The highest BCUT2D eigenvalue weighted by molar-refractivity contribution is 5.73. The predicted octanol–water partition coefficient (Wildman–Crippen LogP) is -7.29. The Morgan fingerprint density at radius 1 is 0.600 bits per heavy atom. The first-order valence-electron chi connectivity index (χ1n) is 12.6. The Labute approximate surface area is 228 Å². The molecule has 1 unspecified atom stereocenters. The van der Waals surface area contributed by atoms with Crippen molar-refractivity contribution in [1.82, 2.24) is 10.6 Å². The van der Waals surface area contributed by atoms with Crippen LogP contribution in [0.5, 0.6) is 0 Å². The molecule has 0 aliphatic carbocycles. The predicted molar refractivity (Wildman–Crippen MR) is 124 cm³/mol. The average molecular weight is 587 g/mol. The summed E-state index contributed by atoms with van der Waals surface area (Å²) in [5, 5.41) is 96.9. The van der Waals surface area contributed by atoms with Crippen molar-refractivity contribution in [3.63, 3.8) is 0 Å². The Morgan fingerprint density at radius 2 is 1.10 bits per heavy atom. The molecule has 0 spiro atoms. The van der Waals surface area contributed by atoms with Crippen molar-refractivity contribution in [3.05, 3.63) is 0 Å². The van der Waals surface area contributed by atoms with Crippen LogP contribution in [0.1, 0.15) is 13.8 Å². The molecule has 0 bridgehead atoms. The van der Waals surface area contributed by atoms with Crippen LogP contribution in [0.25, 0.3) is 0 Å². The molecule has 3 rings (SSSR count). The summed E-state index contributed by atoms with van der Waals surface area (Å²) >= 11 is 0. The van der Waals surface area contributed by atoms with Gasteiger partial charge in [0.2, 0.25) is 11.8 Å². The van der Waals surface area contributed by atoms with Crippen LogP contribution >= 0.6 is 0 Å². The summed E-state index contributed by atoms with van der Waals surface area (Å²) in [6, 6.07) is -2.80. The number of rotatable bonds is 9. The highest BCUT2D eigenvalue weighted by atomic mass is 16.7. The minimum absolute atomic E-state index is 0.641. The molecule has 0 aromatic carbocycles. The molecule has 0 radical (unpaired) electrons. The molecular weight excluding hydrogens is 548 g/mol. The quantitative estimate of drug-likeness (QED) is 0.120. The van der Waals surface area contributed by atoms with Crippen molar-refractivity contribution in [3.8, 4) is 0 Å². The number of aliphatic hydroxyl groups excluding tert-OH is 9. The first kappa shape index (κ1) is 32.9. The minimum atomic E-state index is -1.95. The lowest BCUT2D eigenvalue weighted by molar-refractivity contribution is -0.364. The maximum absolute atomic E-state index is 11.7. The molecule has 3 aliphatic rings. The van der Waals surface area contributed by atoms with Gasteiger partial charge in [0.1, 0.15) is 73.1 Å². The van der Waals surface area contributed by atoms with Gasteiger partial charge in [-0.15, -0.1) is 0 Å². The van der Waals surface area contributed by atoms with E-state index in [1.54, 1.807) is 0 Å². The summed E-state index contributed by atoms with van der Waals surface area (Å²) in [5.41, 5.74) is 0. The van der Waals surface area contributed by atoms with E-state index in [2.05, 4.69) is 10.6 Å². The minimum Gasteiger partial charge on any atom is -0.394 e. The Hall–Kier alpha value is -1.62. The van der Waals surface area contributed by atoms with Crippen LogP contribution in [0.2, 0.25) is 0 Å². The van der Waals surface area contributed by atoms with Gasteiger partial charge in [-0.1, -0.05) is 0 Å². The molecular formula is C22H38N2O16. The van der Waals surface area contributed by atoms with Crippen molar-refractivity contribution in [2.24, 2.45) is 0 Å². The van der Waals surface area contributed by atoms with Gasteiger partial charge in [-0.3, -0.25) is 9.59 Å². The largest absolute Gasteiger partial charge is 0.394 e. The molecule has 3 saturated heterocycles. The van der Waals surface area contributed by atoms with Gasteiger partial charge in [-0.05, 0) is 0 Å². The number of hydrogen-bond donors (Lipinski definition) is 11. The van der Waals surface area contributed by atoms with Crippen molar-refractivity contribution in [1.29, 1.82) is 0 Å². The van der Waals surface area contributed by atoms with Gasteiger partial charge >= 0.3 is 0 Å². The number of carbonyl (C=O) groups is 2. The van der Waals surface area contributed by atoms with Crippen molar-refractivity contribution in [2.75, 3.05) is 19.8 Å². The smallest absolute Gasteiger partial charge is 0.217 e. The third-order valence-electron chi connectivity index (χ3n) is 6.90. The molecule has 18 heteroatoms. The molecule has 15 atom stereocenters. The van der Waals surface area contributed by atoms with Crippen LogP contribution in [0.4, 0.5) is 0 Å². The van der Waals surface area contributed by atoms with E-state index >= 15 is 0 Å². The fraction of sp³-hybridized carbons (Fsp3) is 0.909. The normalized spacial score (nSPS) is 46.0. The first-order valence-corrected chi connectivity index (χ1v) is 12.6. The standard InChI is InChI=1S/C22H38N2O16/c1-6(28)23-11-15(32)13(30)8(3-25)37-21(11)39-18-10(5-27)38-22(17(34)16(18)33)40-19-12(24-7(2)29)20(35)36-9(4-26)14(19)31/h8-22,25-27,30-35H,3-5H2,1-2H3,(H,23,28)(H,24,29)/t8-,9-,10-,11-,12-,13+,14+,15-,16-,17-,18+,19-,20?,21+,22+/m1/s1. The lowest BCUT2D eigenvalue weighted by Crippen LogP contribution is -2.69. The second-order valence-electron chi connectivity index (χ2n) is 9.81. The lowest BCUT2D eigenvalue weighted by atomic mass is 9.94. The molecule has 0 saturated carbocycles. The summed E-state index contributed by atoms with van der Waals surface area (Å²) in [4.78, 5) is 23.3. The fourth-order valence-corrected chi connectivity index (χ4v) is 4.86. The van der Waals surface area contributed by atoms with Crippen molar-refractivity contribution >= 4 is 11.8 Å². The number of nitrogens with one attached hydrogen (secondary N) is 2. The molecule has 3 heterocycles. The van der Waals surface area contributed by atoms with Crippen LogP contribution in [0.15, 0.2) is 0 Å². The molecule has 18 nitrogen and oxygen atoms in total. The molecule has 0 aromatic rings. The van der Waals surface area contributed by atoms with E-state index in [4.69, 9.17) is 23.7 Å². The molecule has 40 heavy (non-hydrogen) atoms. The van der Waals surface area contributed by atoms with Gasteiger partial charge in [0, 0.05) is 13.8 Å². The van der Waals surface area contributed by atoms with Crippen LogP contribution in [-0.2, 0) is 33.3 Å². The van der Waals surface area contributed by atoms with Crippen molar-refractivity contribution in [2.45, 2.75) is 106 Å². The molecule has 11 N–H and O–H groups in total. The number of ether oxygens (including phenoxy) is 5. The van der Waals surface area contributed by atoms with Crippen LogP contribution < -0.4 is 10.6 Å². The Bertz CT molecular complexity index is 852. The second kappa shape index (κ2) is 14.0. The number of carbonyl (C=O) groups excluding carboxylic acids is 2. The summed E-state index contributed by atoms with van der Waals surface area (Å²) in [7, 11) is 0. The van der Waals surface area contributed by atoms with Gasteiger partial charge in [0.15, 0.2) is 18.9 Å². The lowest BCUT2D eigenvalue weighted by Gasteiger charge is -2.49. The third-order valence-corrected chi connectivity index (χ3v) is 6.90. The topological polar surface area (TPSA) is 286 Å². The number of aliphatic hydroxyl groups is 9. The summed E-state index contributed by atoms with van der Waals surface area (Å²) in [6.07, 6.45) is -21.2. The van der Waals surface area contributed by atoms with E-state index < -0.39 is 124 Å². The van der Waals surface area contributed by atoms with Gasteiger partial charge in [0.25, 0.3) is 0 Å². The SMILES string of the molecule is CC(=O)N[C@H]1[C@H](O[C@@H]2[C@H](O)[C@@H](O)[C@H](O[C@H]3[C@@H](O)[C@@H](CO)OC(O)[C@@H]3NC(C)=O)O[C@@H]2CO)O[C@H](CO)[C@H](O)[C@@H]1O. The monoisotopic (exact) mass is 586 g/mol. The van der Waals surface area contributed by atoms with Crippen LogP contribution in [0.3, 0.4) is 0 Å². The van der Waals surface area contributed by atoms with E-state index in [9.17, 15) is 55.5 Å². The van der Waals surface area contributed by atoms with Crippen LogP contribution in [0, 0.1) is 0 Å². The summed E-state index contributed by atoms with van der Waals surface area (Å²) in [5.74, 6) is -1.28. The summed E-state index contributed by atoms with van der Waals surface area (Å²) in [6.45, 7) is -0.101. The Balaban J connectivity index is 1.81. The van der Waals surface area contributed by atoms with Gasteiger partial charge < -0.3 is 80.3 Å². The molecule has 3 aliphatic heterocycles. The highest BCUT2D eigenvalue weighted by Crippen LogP contribution is 2.32. The zero-order chi connectivity index (χ0) is 29.9. The Morgan fingerprint density at radius 3 is 1.65 bits per heavy atom. The van der Waals surface area contributed by atoms with Crippen LogP contribution in [-0.4, -0.2) is 170 Å². The van der Waals surface area contributed by atoms with Crippen molar-refractivity contribution < 1.29 is 79.2 Å².